The SMILES string of the molecule is CCC1O[C@@H](O[C@@H]2C(CC)O[C@@H](O[C@H]3CC[C@@]4(C)C(=CC[C@H]5[C@@H]6C[C@@H]7O[C@]8(CC[C@@H](C)CO8)[C@@H](C)[C@@H]7[C@@]6(C)CC[C@@H]54)C3)C(O[C@@H]3OC(C)[C@H](C)[C@H](C)C3OC(=O)c3ccccc3)[C@H]2C)C(OC(=O)c2ccccc2)[C@@H](C)[C@@H]1C. The summed E-state index contributed by atoms with van der Waals surface area (Å²) in [6.07, 6.45) is 8.01. The van der Waals surface area contributed by atoms with Crippen LogP contribution in [0.1, 0.15) is 174 Å². The van der Waals surface area contributed by atoms with Crippen LogP contribution in [0, 0.1) is 75.9 Å². The van der Waals surface area contributed by atoms with Crippen LogP contribution >= 0.6 is 0 Å². The van der Waals surface area contributed by atoms with Crippen molar-refractivity contribution in [2.75, 3.05) is 6.61 Å². The van der Waals surface area contributed by atoms with Crippen LogP contribution in [0.15, 0.2) is 72.3 Å². The van der Waals surface area contributed by atoms with Gasteiger partial charge < -0.3 is 47.4 Å². The summed E-state index contributed by atoms with van der Waals surface area (Å²) in [5, 5.41) is 0. The molecule has 5 saturated heterocycles. The van der Waals surface area contributed by atoms with Crippen molar-refractivity contribution >= 4 is 11.9 Å². The topological polar surface area (TPSA) is 126 Å². The molecule has 0 radical (unpaired) electrons. The Hall–Kier alpha value is -3.20. The van der Waals surface area contributed by atoms with E-state index in [4.69, 9.17) is 47.4 Å². The van der Waals surface area contributed by atoms with Crippen LogP contribution in [-0.2, 0) is 47.4 Å². The Bertz CT molecular complexity index is 2420. The number of allylic oxidation sites excluding steroid dienone is 1. The van der Waals surface area contributed by atoms with Crippen LogP contribution in [0.5, 0.6) is 0 Å². The van der Waals surface area contributed by atoms with Crippen molar-refractivity contribution in [1.82, 2.24) is 0 Å². The first-order chi connectivity index (χ1) is 37.4. The van der Waals surface area contributed by atoms with E-state index in [1.807, 2.05) is 36.4 Å². The molecule has 2 aromatic carbocycles. The summed E-state index contributed by atoms with van der Waals surface area (Å²) in [4.78, 5) is 27.7. The van der Waals surface area contributed by atoms with Gasteiger partial charge in [0.2, 0.25) is 0 Å². The maximum absolute atomic E-state index is 13.9. The second-order valence-corrected chi connectivity index (χ2v) is 26.9. The molecule has 12 heteroatoms. The van der Waals surface area contributed by atoms with E-state index >= 15 is 0 Å². The summed E-state index contributed by atoms with van der Waals surface area (Å²) >= 11 is 0. The predicted octanol–water partition coefficient (Wildman–Crippen LogP) is 13.2. The molecule has 3 saturated carbocycles. The lowest BCUT2D eigenvalue weighted by atomic mass is 9.47. The molecule has 6 unspecified atom stereocenters. The molecule has 430 valence electrons. The summed E-state index contributed by atoms with van der Waals surface area (Å²) in [5.74, 6) is 1.91. The van der Waals surface area contributed by atoms with Crippen LogP contribution in [0.4, 0.5) is 0 Å². The first kappa shape index (κ1) is 56.7. The third-order valence-corrected chi connectivity index (χ3v) is 22.7. The second kappa shape index (κ2) is 22.5. The average molecular weight is 1080 g/mol. The lowest BCUT2D eigenvalue weighted by molar-refractivity contribution is -0.373. The number of carbonyl (C=O) groups excluding carboxylic acids is 2. The van der Waals surface area contributed by atoms with E-state index in [2.05, 4.69) is 89.2 Å². The minimum Gasteiger partial charge on any atom is -0.453 e. The number of esters is 2. The summed E-state index contributed by atoms with van der Waals surface area (Å²) in [5.41, 5.74) is 2.83. The highest BCUT2D eigenvalue weighted by Crippen LogP contribution is 2.71. The monoisotopic (exact) mass is 1080 g/mol. The zero-order valence-corrected chi connectivity index (χ0v) is 49.0. The first-order valence-electron chi connectivity index (χ1n) is 30.8. The van der Waals surface area contributed by atoms with Crippen LogP contribution in [0.25, 0.3) is 0 Å². The van der Waals surface area contributed by atoms with Crippen molar-refractivity contribution in [2.45, 2.75) is 233 Å². The fourth-order valence-electron chi connectivity index (χ4n) is 17.4. The van der Waals surface area contributed by atoms with Crippen LogP contribution in [-0.4, -0.2) is 98.1 Å². The molecule has 5 aliphatic heterocycles. The van der Waals surface area contributed by atoms with Gasteiger partial charge in [-0.2, -0.15) is 0 Å². The number of hydrogen-bond acceptors (Lipinski definition) is 12. The first-order valence-corrected chi connectivity index (χ1v) is 30.8. The van der Waals surface area contributed by atoms with E-state index in [0.29, 0.717) is 53.1 Å². The molecule has 1 spiro atoms. The quantitative estimate of drug-likeness (QED) is 0.148. The van der Waals surface area contributed by atoms with E-state index in [0.717, 1.165) is 51.6 Å². The highest BCUT2D eigenvalue weighted by molar-refractivity contribution is 5.90. The molecule has 0 bridgehead atoms. The molecule has 0 N–H and O–H groups in total. The number of carbonyl (C=O) groups is 2. The lowest BCUT2D eigenvalue weighted by Gasteiger charge is -2.59. The number of rotatable bonds is 12. The Labute approximate surface area is 466 Å². The predicted molar refractivity (Wildman–Crippen MR) is 296 cm³/mol. The van der Waals surface area contributed by atoms with E-state index in [-0.39, 0.29) is 64.8 Å². The third-order valence-electron chi connectivity index (χ3n) is 22.7. The molecule has 26 atom stereocenters. The van der Waals surface area contributed by atoms with Crippen molar-refractivity contribution < 1.29 is 57.0 Å². The molecule has 2 aromatic rings. The summed E-state index contributed by atoms with van der Waals surface area (Å²) in [6.45, 7) is 27.7. The normalized spacial score (nSPS) is 47.9. The number of fused-ring (bicyclic) bond motifs is 7. The van der Waals surface area contributed by atoms with Crippen molar-refractivity contribution in [1.29, 1.82) is 0 Å². The number of ether oxygens (including phenoxy) is 10. The fourth-order valence-corrected chi connectivity index (χ4v) is 17.4. The fraction of sp³-hybridized carbons (Fsp3) is 0.758. The summed E-state index contributed by atoms with van der Waals surface area (Å²) < 4.78 is 69.4. The van der Waals surface area contributed by atoms with Gasteiger partial charge in [0.05, 0.1) is 54.4 Å². The van der Waals surface area contributed by atoms with Gasteiger partial charge in [0, 0.05) is 30.1 Å². The van der Waals surface area contributed by atoms with Gasteiger partial charge in [0.25, 0.3) is 0 Å². The molecule has 5 heterocycles. The highest BCUT2D eigenvalue weighted by Gasteiger charge is 2.69. The second-order valence-electron chi connectivity index (χ2n) is 26.9. The van der Waals surface area contributed by atoms with Gasteiger partial charge >= 0.3 is 11.9 Å². The zero-order valence-electron chi connectivity index (χ0n) is 49.0. The van der Waals surface area contributed by atoms with Crippen molar-refractivity contribution in [3.63, 3.8) is 0 Å². The minimum atomic E-state index is -0.923. The van der Waals surface area contributed by atoms with Gasteiger partial charge in [-0.3, -0.25) is 0 Å². The number of hydrogen-bond donors (Lipinski definition) is 0. The van der Waals surface area contributed by atoms with Gasteiger partial charge in [-0.1, -0.05) is 124 Å². The minimum absolute atomic E-state index is 0.0620. The van der Waals surface area contributed by atoms with E-state index in [1.54, 1.807) is 24.3 Å². The molecule has 8 fully saturated rings. The van der Waals surface area contributed by atoms with Gasteiger partial charge in [-0.05, 0) is 148 Å². The summed E-state index contributed by atoms with van der Waals surface area (Å²) in [6, 6.07) is 18.2. The molecular formula is C66H94O12. The van der Waals surface area contributed by atoms with Gasteiger partial charge in [-0.25, -0.2) is 9.59 Å². The van der Waals surface area contributed by atoms with Gasteiger partial charge in [0.15, 0.2) is 36.9 Å². The molecule has 0 aromatic heterocycles. The lowest BCUT2D eigenvalue weighted by Crippen LogP contribution is -2.62. The van der Waals surface area contributed by atoms with Crippen LogP contribution in [0.2, 0.25) is 0 Å². The Morgan fingerprint density at radius 3 is 1.85 bits per heavy atom. The van der Waals surface area contributed by atoms with E-state index in [9.17, 15) is 9.59 Å². The van der Waals surface area contributed by atoms with Crippen LogP contribution in [0.3, 0.4) is 0 Å². The molecule has 78 heavy (non-hydrogen) atoms. The molecule has 11 rings (SSSR count). The Morgan fingerprint density at radius 2 is 1.22 bits per heavy atom. The van der Waals surface area contributed by atoms with E-state index in [1.165, 1.54) is 24.8 Å². The van der Waals surface area contributed by atoms with E-state index < -0.39 is 67.1 Å². The molecule has 12 nitrogen and oxygen atoms in total. The van der Waals surface area contributed by atoms with Crippen molar-refractivity contribution in [2.24, 2.45) is 75.9 Å². The Balaban J connectivity index is 0.854. The van der Waals surface area contributed by atoms with Gasteiger partial charge in [-0.15, -0.1) is 0 Å². The van der Waals surface area contributed by atoms with Crippen molar-refractivity contribution in [3.8, 4) is 0 Å². The zero-order chi connectivity index (χ0) is 55.0. The highest BCUT2D eigenvalue weighted by atomic mass is 16.8. The summed E-state index contributed by atoms with van der Waals surface area (Å²) in [7, 11) is 0. The van der Waals surface area contributed by atoms with Crippen molar-refractivity contribution in [3.05, 3.63) is 83.4 Å². The largest absolute Gasteiger partial charge is 0.453 e. The standard InChI is InChI=1S/C66H94O12/c1-13-51-38(5)40(7)57(75-60(68)45-23-19-16-20-24-45)63(72-51)76-55-41(8)58(77-61-56(39(6)37(4)43(10)70-61)74-59(67)44-21-17-15-18-22-44)62(73-52(55)14-2)71-47-28-30-64(11)46(33-47)25-26-48-49(64)29-31-65(12)50(48)34-53-54(65)42(9)66(78-53)32-27-36(3)35-69-66/h15-25,36-43,47-58,61-63H,13-14,26-35H2,1-12H3/t36-,37-,38+,39+,40+,41+,42+,43?,47+,48-,49+,50+,51?,52?,53+,54+,55+,56?,57?,58?,61+,62-,63+,64+,65+,66-/m1/s1. The average Bonchev–Trinajstić information content (AvgIpc) is 4.02. The Kier molecular flexibility index (Phi) is 16.4. The molecule has 4 aliphatic carbocycles. The molecule has 0 amide bonds. The maximum Gasteiger partial charge on any atom is 0.338 e. The molecular weight excluding hydrogens is 985 g/mol. The van der Waals surface area contributed by atoms with Crippen LogP contribution < -0.4 is 0 Å². The number of benzene rings is 2. The molecule has 9 aliphatic rings. The smallest absolute Gasteiger partial charge is 0.338 e. The third kappa shape index (κ3) is 10.1. The maximum atomic E-state index is 13.9. The Morgan fingerprint density at radius 1 is 0.615 bits per heavy atom. The van der Waals surface area contributed by atoms with Gasteiger partial charge in [0.1, 0.15) is 6.10 Å².